The Bertz CT molecular complexity index is 1200. The first-order valence-electron chi connectivity index (χ1n) is 18.4. The molecule has 0 nitrogen and oxygen atoms in total. The molecule has 0 unspecified atom stereocenters. The first-order chi connectivity index (χ1) is 23.1. The predicted octanol–water partition coefficient (Wildman–Crippen LogP) is 12.3. The quantitative estimate of drug-likeness (QED) is 0.132. The average molecular weight is 647 g/mol. The van der Waals surface area contributed by atoms with Crippen LogP contribution in [0.15, 0.2) is 140 Å². The smallest absolute Gasteiger partial charge is 0.0683 e. The number of hydrogen-bond donors (Lipinski definition) is 0. The molecule has 0 spiro atoms. The molecule has 0 heterocycles. The van der Waals surface area contributed by atoms with Gasteiger partial charge in [0, 0.05) is 0 Å². The van der Waals surface area contributed by atoms with Crippen LogP contribution in [0.25, 0.3) is 0 Å². The summed E-state index contributed by atoms with van der Waals surface area (Å²) in [5, 5.41) is 4.47. The lowest BCUT2D eigenvalue weighted by atomic mass is 9.86. The first-order valence-corrected chi connectivity index (χ1v) is 20.6. The van der Waals surface area contributed by atoms with E-state index in [0.717, 1.165) is 12.8 Å². The van der Waals surface area contributed by atoms with Crippen LogP contribution >= 0.6 is 0 Å². The highest BCUT2D eigenvalue weighted by atomic mass is 28.3. The van der Waals surface area contributed by atoms with Crippen LogP contribution < -0.4 is 15.6 Å². The second-order valence-corrected chi connectivity index (χ2v) is 14.9. The van der Waals surface area contributed by atoms with Crippen molar-refractivity contribution in [1.29, 1.82) is 0 Å². The van der Waals surface area contributed by atoms with Gasteiger partial charge >= 0.3 is 0 Å². The molecule has 1 aliphatic carbocycles. The third-order valence-corrected chi connectivity index (χ3v) is 12.3. The van der Waals surface area contributed by atoms with Gasteiger partial charge in [0.25, 0.3) is 0 Å². The molecule has 5 aromatic rings. The van der Waals surface area contributed by atoms with Crippen LogP contribution in [0.1, 0.15) is 111 Å². The highest BCUT2D eigenvalue weighted by molar-refractivity contribution is 7.11. The molecule has 6 rings (SSSR count). The molecule has 0 bridgehead atoms. The Morgan fingerprint density at radius 2 is 0.532 bits per heavy atom. The van der Waals surface area contributed by atoms with Gasteiger partial charge in [-0.05, 0) is 56.7 Å². The van der Waals surface area contributed by atoms with Gasteiger partial charge in [-0.25, -0.2) is 0 Å². The SMILES string of the molecule is CC.CC.CC.CCC.CCC.CC[Si](c1ccccc1)(c1ccccc1)c1ccccc1.c1ccc2c(c1)Cc1ccccc1C2. The second kappa shape index (κ2) is 27.4. The van der Waals surface area contributed by atoms with Crippen LogP contribution in [-0.2, 0) is 12.8 Å². The summed E-state index contributed by atoms with van der Waals surface area (Å²) >= 11 is 0. The van der Waals surface area contributed by atoms with E-state index >= 15 is 0 Å². The van der Waals surface area contributed by atoms with E-state index < -0.39 is 8.07 Å². The Kier molecular flexibility index (Phi) is 25.3. The van der Waals surface area contributed by atoms with Gasteiger partial charge in [0.2, 0.25) is 0 Å². The molecule has 1 aliphatic rings. The minimum atomic E-state index is -1.90. The fourth-order valence-electron chi connectivity index (χ4n) is 5.50. The Balaban J connectivity index is 0.000000702. The van der Waals surface area contributed by atoms with E-state index in [0.29, 0.717) is 0 Å². The van der Waals surface area contributed by atoms with Crippen molar-refractivity contribution in [3.8, 4) is 0 Å². The monoisotopic (exact) mass is 646 g/mol. The molecule has 0 N–H and O–H groups in total. The van der Waals surface area contributed by atoms with Gasteiger partial charge in [-0.3, -0.25) is 0 Å². The number of hydrogen-bond acceptors (Lipinski definition) is 0. The summed E-state index contributed by atoms with van der Waals surface area (Å²) in [6.07, 6.45) is 4.71. The van der Waals surface area contributed by atoms with Crippen molar-refractivity contribution in [2.75, 3.05) is 0 Å². The van der Waals surface area contributed by atoms with Crippen molar-refractivity contribution in [3.05, 3.63) is 162 Å². The molecule has 0 fully saturated rings. The zero-order valence-corrected chi connectivity index (χ0v) is 32.8. The zero-order valence-electron chi connectivity index (χ0n) is 31.8. The lowest BCUT2D eigenvalue weighted by Gasteiger charge is -2.32. The predicted molar refractivity (Wildman–Crippen MR) is 219 cm³/mol. The molecule has 47 heavy (non-hydrogen) atoms. The van der Waals surface area contributed by atoms with Gasteiger partial charge < -0.3 is 0 Å². The number of fused-ring (bicyclic) bond motifs is 2. The summed E-state index contributed by atoms with van der Waals surface area (Å²) in [5.41, 5.74) is 5.97. The highest BCUT2D eigenvalue weighted by Crippen LogP contribution is 2.26. The van der Waals surface area contributed by atoms with E-state index in [1.807, 2.05) is 41.5 Å². The molecule has 1 heteroatoms. The molecule has 254 valence electrons. The van der Waals surface area contributed by atoms with Crippen LogP contribution in [0, 0.1) is 0 Å². The van der Waals surface area contributed by atoms with Crippen molar-refractivity contribution in [3.63, 3.8) is 0 Å². The molecule has 0 atom stereocenters. The van der Waals surface area contributed by atoms with Gasteiger partial charge in [-0.15, -0.1) is 0 Å². The third kappa shape index (κ3) is 13.5. The van der Waals surface area contributed by atoms with E-state index in [1.165, 1.54) is 56.7 Å². The summed E-state index contributed by atoms with van der Waals surface area (Å²) in [5.74, 6) is 0. The first kappa shape index (κ1) is 43.3. The van der Waals surface area contributed by atoms with Gasteiger partial charge in [0.1, 0.15) is 8.07 Å². The maximum Gasteiger partial charge on any atom is 0.148 e. The summed E-state index contributed by atoms with van der Waals surface area (Å²) in [4.78, 5) is 0. The highest BCUT2D eigenvalue weighted by Gasteiger charge is 2.36. The van der Waals surface area contributed by atoms with Gasteiger partial charge in [0.15, 0.2) is 0 Å². The van der Waals surface area contributed by atoms with E-state index in [9.17, 15) is 0 Å². The maximum absolute atomic E-state index is 2.33. The molecule has 0 saturated heterocycles. The molecule has 0 radical (unpaired) electrons. The molecule has 0 saturated carbocycles. The van der Waals surface area contributed by atoms with Gasteiger partial charge in [-0.1, -0.05) is 229 Å². The summed E-state index contributed by atoms with van der Waals surface area (Å²) < 4.78 is 0. The van der Waals surface area contributed by atoms with Crippen LogP contribution in [0.2, 0.25) is 6.04 Å². The average Bonchev–Trinajstić information content (AvgIpc) is 3.16. The normalized spacial score (nSPS) is 10.1. The molecule has 0 aromatic heterocycles. The summed E-state index contributed by atoms with van der Waals surface area (Å²) in [6, 6.07) is 51.8. The second-order valence-electron chi connectivity index (χ2n) is 10.7. The lowest BCUT2D eigenvalue weighted by molar-refractivity contribution is 1.00. The zero-order chi connectivity index (χ0) is 35.3. The van der Waals surface area contributed by atoms with Crippen molar-refractivity contribution < 1.29 is 0 Å². The lowest BCUT2D eigenvalue weighted by Crippen LogP contribution is -2.66. The van der Waals surface area contributed by atoms with Crippen LogP contribution in [0.5, 0.6) is 0 Å². The van der Waals surface area contributed by atoms with Crippen LogP contribution in [0.4, 0.5) is 0 Å². The Hall–Kier alpha value is -3.68. The van der Waals surface area contributed by atoms with Crippen molar-refractivity contribution >= 4 is 23.6 Å². The Labute approximate surface area is 292 Å². The Morgan fingerprint density at radius 1 is 0.340 bits per heavy atom. The fourth-order valence-corrected chi connectivity index (χ4v) is 10.0. The van der Waals surface area contributed by atoms with Crippen LogP contribution in [0.3, 0.4) is 0 Å². The van der Waals surface area contributed by atoms with Crippen molar-refractivity contribution in [2.45, 2.75) is 108 Å². The third-order valence-electron chi connectivity index (χ3n) is 7.33. The van der Waals surface area contributed by atoms with E-state index in [4.69, 9.17) is 0 Å². The summed E-state index contributed by atoms with van der Waals surface area (Å²) in [7, 11) is -1.90. The largest absolute Gasteiger partial charge is 0.148 e. The van der Waals surface area contributed by atoms with E-state index in [2.05, 4.69) is 174 Å². The van der Waals surface area contributed by atoms with E-state index in [-0.39, 0.29) is 0 Å². The van der Waals surface area contributed by atoms with E-state index in [1.54, 1.807) is 0 Å². The van der Waals surface area contributed by atoms with Crippen molar-refractivity contribution in [2.24, 2.45) is 0 Å². The topological polar surface area (TPSA) is 0 Å². The van der Waals surface area contributed by atoms with Gasteiger partial charge in [-0.2, -0.15) is 0 Å². The maximum atomic E-state index is 2.33. The molecular weight excluding hydrogens is 581 g/mol. The molecule has 0 amide bonds. The van der Waals surface area contributed by atoms with Crippen molar-refractivity contribution in [1.82, 2.24) is 0 Å². The molecule has 5 aromatic carbocycles. The minimum absolute atomic E-state index is 1.10. The molecule has 0 aliphatic heterocycles. The number of benzene rings is 5. The minimum Gasteiger partial charge on any atom is -0.0683 e. The fraction of sp³-hybridized carbons (Fsp3) is 0.348. The summed E-state index contributed by atoms with van der Waals surface area (Å²) in [6.45, 7) is 22.8. The Morgan fingerprint density at radius 3 is 0.723 bits per heavy atom. The van der Waals surface area contributed by atoms with Crippen LogP contribution in [-0.4, -0.2) is 8.07 Å². The molecular formula is C46H66Si. The standard InChI is InChI=1S/C20H20Si.C14H12.2C3H8.3C2H6/c1-2-21(18-12-6-3-7-13-18,19-14-8-4-9-15-19)20-16-10-5-11-17-20;1-2-6-12-10-14-8-4-3-7-13(14)9-11(12)5-1;2*1-3-2;3*1-2/h3-17H,2H2,1H3;1-8H,9-10H2;2*3H2,1-2H3;3*1-2H3. The van der Waals surface area contributed by atoms with Gasteiger partial charge in [0.05, 0.1) is 0 Å². The number of rotatable bonds is 4.